The Morgan fingerprint density at radius 2 is 2.14 bits per heavy atom. The average Bonchev–Trinajstić information content (AvgIpc) is 3.02. The molecule has 0 amide bonds. The minimum atomic E-state index is -3.22. The molecular weight excluding hydrogens is 304 g/mol. The highest BCUT2D eigenvalue weighted by atomic mass is 32.2. The van der Waals surface area contributed by atoms with Crippen molar-refractivity contribution in [3.63, 3.8) is 0 Å². The summed E-state index contributed by atoms with van der Waals surface area (Å²) in [6.07, 6.45) is 5.17. The molecule has 0 aromatic carbocycles. The highest BCUT2D eigenvalue weighted by Gasteiger charge is 2.35. The van der Waals surface area contributed by atoms with Crippen molar-refractivity contribution in [3.8, 4) is 0 Å². The van der Waals surface area contributed by atoms with Crippen LogP contribution in [0.3, 0.4) is 0 Å². The third-order valence-electron chi connectivity index (χ3n) is 4.63. The minimum absolute atomic E-state index is 0.00628. The van der Waals surface area contributed by atoms with Crippen molar-refractivity contribution in [2.24, 2.45) is 5.92 Å². The van der Waals surface area contributed by atoms with Gasteiger partial charge in [-0.05, 0) is 25.8 Å². The van der Waals surface area contributed by atoms with Gasteiger partial charge in [0, 0.05) is 45.2 Å². The fraction of sp³-hybridized carbons (Fsp3) is 0.786. The second-order valence-electron chi connectivity index (χ2n) is 6.16. The first-order chi connectivity index (χ1) is 10.6. The van der Waals surface area contributed by atoms with E-state index in [4.69, 9.17) is 4.74 Å². The van der Waals surface area contributed by atoms with Crippen LogP contribution in [0.1, 0.15) is 24.7 Å². The number of hydrogen-bond acceptors (Lipinski definition) is 5. The van der Waals surface area contributed by atoms with Crippen molar-refractivity contribution in [2.75, 3.05) is 45.6 Å². The van der Waals surface area contributed by atoms with Gasteiger partial charge in [-0.15, -0.1) is 0 Å². The molecular formula is C14H24N4O3S. The van der Waals surface area contributed by atoms with Gasteiger partial charge < -0.3 is 9.72 Å². The zero-order valence-corrected chi connectivity index (χ0v) is 13.8. The van der Waals surface area contributed by atoms with Crippen LogP contribution in [0.25, 0.3) is 0 Å². The van der Waals surface area contributed by atoms with Crippen molar-refractivity contribution >= 4 is 10.0 Å². The molecule has 22 heavy (non-hydrogen) atoms. The third kappa shape index (κ3) is 3.51. The van der Waals surface area contributed by atoms with Gasteiger partial charge in [0.25, 0.3) is 0 Å². The second kappa shape index (κ2) is 6.66. The number of sulfonamides is 1. The number of piperazine rings is 1. The number of aromatic nitrogens is 2. The van der Waals surface area contributed by atoms with Gasteiger partial charge in [0.05, 0.1) is 11.8 Å². The van der Waals surface area contributed by atoms with Gasteiger partial charge in [0.15, 0.2) is 0 Å². The minimum Gasteiger partial charge on any atom is -0.381 e. The summed E-state index contributed by atoms with van der Waals surface area (Å²) in [4.78, 5) is 9.54. The number of hydrogen-bond donors (Lipinski definition) is 1. The van der Waals surface area contributed by atoms with Gasteiger partial charge in [-0.1, -0.05) is 0 Å². The van der Waals surface area contributed by atoms with Crippen LogP contribution in [0.4, 0.5) is 0 Å². The number of H-pyrrole nitrogens is 1. The van der Waals surface area contributed by atoms with Crippen molar-refractivity contribution in [3.05, 3.63) is 18.2 Å². The standard InChI is InChI=1S/C14H24N4O3S/c1-17-6-7-18(10-13(17)14-15-4-5-16-14)22(19,20)11-12-2-8-21-9-3-12/h4-5,12-13H,2-3,6-11H2,1H3,(H,15,16)/t13-/m0/s1. The molecule has 3 rings (SSSR count). The summed E-state index contributed by atoms with van der Waals surface area (Å²) in [6.45, 7) is 3.10. The first-order valence-electron chi connectivity index (χ1n) is 7.81. The molecule has 2 aliphatic heterocycles. The van der Waals surface area contributed by atoms with E-state index in [9.17, 15) is 8.42 Å². The Hall–Kier alpha value is -0.960. The Labute approximate surface area is 131 Å². The molecule has 1 aromatic heterocycles. The average molecular weight is 328 g/mol. The van der Waals surface area contributed by atoms with Gasteiger partial charge in [0.2, 0.25) is 10.0 Å². The number of ether oxygens (including phenoxy) is 1. The zero-order valence-electron chi connectivity index (χ0n) is 12.9. The molecule has 8 heteroatoms. The van der Waals surface area contributed by atoms with Crippen molar-refractivity contribution in [1.82, 2.24) is 19.2 Å². The Kier molecular flexibility index (Phi) is 4.82. The van der Waals surface area contributed by atoms with E-state index in [2.05, 4.69) is 14.9 Å². The molecule has 124 valence electrons. The zero-order chi connectivity index (χ0) is 15.6. The van der Waals surface area contributed by atoms with Gasteiger partial charge in [-0.2, -0.15) is 4.31 Å². The Balaban J connectivity index is 1.68. The lowest BCUT2D eigenvalue weighted by atomic mass is 10.0. The Bertz CT molecular complexity index is 569. The summed E-state index contributed by atoms with van der Waals surface area (Å²) in [5.74, 6) is 1.29. The monoisotopic (exact) mass is 328 g/mol. The van der Waals surface area contributed by atoms with Crippen LogP contribution < -0.4 is 0 Å². The highest BCUT2D eigenvalue weighted by Crippen LogP contribution is 2.25. The fourth-order valence-electron chi connectivity index (χ4n) is 3.17. The van der Waals surface area contributed by atoms with Gasteiger partial charge >= 0.3 is 0 Å². The summed E-state index contributed by atoms with van der Waals surface area (Å²) in [5.41, 5.74) is 0. The molecule has 0 spiro atoms. The van der Waals surface area contributed by atoms with E-state index in [1.165, 1.54) is 0 Å². The van der Waals surface area contributed by atoms with Gasteiger partial charge in [0.1, 0.15) is 5.82 Å². The van der Waals surface area contributed by atoms with Crippen LogP contribution in [0, 0.1) is 5.92 Å². The van der Waals surface area contributed by atoms with E-state index < -0.39 is 10.0 Å². The van der Waals surface area contributed by atoms with E-state index in [1.54, 1.807) is 16.7 Å². The molecule has 2 fully saturated rings. The van der Waals surface area contributed by atoms with E-state index in [0.29, 0.717) is 26.3 Å². The predicted molar refractivity (Wildman–Crippen MR) is 82.9 cm³/mol. The normalized spacial score (nSPS) is 26.3. The number of imidazole rings is 1. The van der Waals surface area contributed by atoms with Crippen LogP contribution in [0.5, 0.6) is 0 Å². The molecule has 1 N–H and O–H groups in total. The molecule has 0 unspecified atom stereocenters. The van der Waals surface area contributed by atoms with E-state index >= 15 is 0 Å². The first-order valence-corrected chi connectivity index (χ1v) is 9.42. The number of aromatic amines is 1. The maximum absolute atomic E-state index is 12.7. The maximum Gasteiger partial charge on any atom is 0.214 e. The summed E-state index contributed by atoms with van der Waals surface area (Å²) in [5, 5.41) is 0. The largest absolute Gasteiger partial charge is 0.381 e. The van der Waals surface area contributed by atoms with Crippen LogP contribution in [0.2, 0.25) is 0 Å². The number of nitrogens with one attached hydrogen (secondary N) is 1. The molecule has 0 bridgehead atoms. The quantitative estimate of drug-likeness (QED) is 0.868. The molecule has 3 heterocycles. The van der Waals surface area contributed by atoms with Crippen LogP contribution in [-0.2, 0) is 14.8 Å². The van der Waals surface area contributed by atoms with E-state index in [0.717, 1.165) is 25.2 Å². The summed E-state index contributed by atoms with van der Waals surface area (Å²) < 4.78 is 32.4. The molecule has 7 nitrogen and oxygen atoms in total. The highest BCUT2D eigenvalue weighted by molar-refractivity contribution is 7.89. The molecule has 1 atom stereocenters. The number of likely N-dealkylation sites (N-methyl/N-ethyl adjacent to an activating group) is 1. The van der Waals surface area contributed by atoms with Crippen LogP contribution >= 0.6 is 0 Å². The molecule has 0 aliphatic carbocycles. The number of rotatable bonds is 4. The Morgan fingerprint density at radius 1 is 1.36 bits per heavy atom. The molecule has 1 aromatic rings. The lowest BCUT2D eigenvalue weighted by Crippen LogP contribution is -2.50. The van der Waals surface area contributed by atoms with Crippen LogP contribution in [0.15, 0.2) is 12.4 Å². The lowest BCUT2D eigenvalue weighted by Gasteiger charge is -2.38. The molecule has 2 aliphatic rings. The summed E-state index contributed by atoms with van der Waals surface area (Å²) >= 11 is 0. The SMILES string of the molecule is CN1CCN(S(=O)(=O)CC2CCOCC2)C[C@H]1c1ncc[nH]1. The van der Waals surface area contributed by atoms with Crippen molar-refractivity contribution in [1.29, 1.82) is 0 Å². The second-order valence-corrected chi connectivity index (χ2v) is 8.18. The van der Waals surface area contributed by atoms with E-state index in [-0.39, 0.29) is 17.7 Å². The molecule has 0 saturated carbocycles. The fourth-order valence-corrected chi connectivity index (χ4v) is 5.04. The third-order valence-corrected chi connectivity index (χ3v) is 6.64. The topological polar surface area (TPSA) is 78.5 Å². The lowest BCUT2D eigenvalue weighted by molar-refractivity contribution is 0.0716. The first kappa shape index (κ1) is 15.9. The van der Waals surface area contributed by atoms with Gasteiger partial charge in [-0.25, -0.2) is 13.4 Å². The smallest absolute Gasteiger partial charge is 0.214 e. The van der Waals surface area contributed by atoms with Crippen molar-refractivity contribution in [2.45, 2.75) is 18.9 Å². The van der Waals surface area contributed by atoms with Crippen LogP contribution in [-0.4, -0.2) is 73.2 Å². The summed E-state index contributed by atoms with van der Waals surface area (Å²) in [7, 11) is -1.21. The number of nitrogens with zero attached hydrogens (tertiary/aromatic N) is 3. The summed E-state index contributed by atoms with van der Waals surface area (Å²) in [6, 6.07) is -0.00628. The molecule has 0 radical (unpaired) electrons. The maximum atomic E-state index is 12.7. The van der Waals surface area contributed by atoms with Gasteiger partial charge in [-0.3, -0.25) is 4.90 Å². The Morgan fingerprint density at radius 3 is 2.82 bits per heavy atom. The predicted octanol–water partition coefficient (Wildman–Crippen LogP) is 0.455. The van der Waals surface area contributed by atoms with E-state index in [1.807, 2.05) is 7.05 Å². The van der Waals surface area contributed by atoms with Crippen molar-refractivity contribution < 1.29 is 13.2 Å². The molecule has 2 saturated heterocycles.